The number of hydrogen-bond donors (Lipinski definition) is 3. The number of phenolic OH excluding ortho intramolecular Hbond substituents is 1. The van der Waals surface area contributed by atoms with Crippen LogP contribution in [0.15, 0.2) is 78.9 Å². The van der Waals surface area contributed by atoms with Crippen LogP contribution < -0.4 is 16.2 Å². The highest BCUT2D eigenvalue weighted by Gasteiger charge is 2.19. The van der Waals surface area contributed by atoms with Gasteiger partial charge in [0.2, 0.25) is 0 Å². The summed E-state index contributed by atoms with van der Waals surface area (Å²) in [5.41, 5.74) is 14.2. The van der Waals surface area contributed by atoms with Gasteiger partial charge in [0.05, 0.1) is 6.04 Å². The normalized spacial score (nSPS) is 12.7. The summed E-state index contributed by atoms with van der Waals surface area (Å²) in [6.45, 7) is 0. The van der Waals surface area contributed by atoms with E-state index in [9.17, 15) is 14.7 Å². The number of phenols is 1. The first-order valence-electron chi connectivity index (χ1n) is 9.61. The Hall–Kier alpha value is -3.48. The van der Waals surface area contributed by atoms with Crippen molar-refractivity contribution in [3.8, 4) is 11.5 Å². The molecule has 0 heterocycles. The lowest BCUT2D eigenvalue weighted by Gasteiger charge is -2.13. The van der Waals surface area contributed by atoms with E-state index in [2.05, 4.69) is 0 Å². The Bertz CT molecular complexity index is 986. The fraction of sp³-hybridized carbons (Fsp3) is 0.167. The number of aromatic hydroxyl groups is 1. The van der Waals surface area contributed by atoms with Gasteiger partial charge in [0.15, 0.2) is 5.78 Å². The fourth-order valence-corrected chi connectivity index (χ4v) is 3.02. The van der Waals surface area contributed by atoms with Crippen LogP contribution in [-0.4, -0.2) is 28.9 Å². The number of carbonyl (C=O) groups is 2. The van der Waals surface area contributed by atoms with Crippen LogP contribution in [0.5, 0.6) is 11.5 Å². The molecule has 0 amide bonds. The number of ketones is 1. The number of nitrogens with two attached hydrogens (primary N) is 2. The molecule has 0 aliphatic rings. The second kappa shape index (κ2) is 9.82. The molecule has 6 heteroatoms. The molecule has 0 aliphatic carbocycles. The highest BCUT2D eigenvalue weighted by atomic mass is 16.5. The predicted molar refractivity (Wildman–Crippen MR) is 114 cm³/mol. The summed E-state index contributed by atoms with van der Waals surface area (Å²) in [5.74, 6) is -0.289. The van der Waals surface area contributed by atoms with Gasteiger partial charge in [0, 0.05) is 5.56 Å². The van der Waals surface area contributed by atoms with Crippen molar-refractivity contribution in [3.05, 3.63) is 95.6 Å². The lowest BCUT2D eigenvalue weighted by atomic mass is 9.98. The Morgan fingerprint density at radius 2 is 1.33 bits per heavy atom. The maximum atomic E-state index is 12.6. The van der Waals surface area contributed by atoms with Gasteiger partial charge in [-0.3, -0.25) is 4.79 Å². The molecule has 5 N–H and O–H groups in total. The minimum Gasteiger partial charge on any atom is -0.508 e. The van der Waals surface area contributed by atoms with Crippen LogP contribution in [0.2, 0.25) is 0 Å². The first-order chi connectivity index (χ1) is 14.4. The van der Waals surface area contributed by atoms with Crippen LogP contribution in [-0.2, 0) is 17.6 Å². The van der Waals surface area contributed by atoms with E-state index in [-0.39, 0.29) is 11.5 Å². The van der Waals surface area contributed by atoms with Gasteiger partial charge >= 0.3 is 5.97 Å². The Kier molecular flexibility index (Phi) is 6.95. The molecule has 0 radical (unpaired) electrons. The van der Waals surface area contributed by atoms with Gasteiger partial charge in [-0.15, -0.1) is 0 Å². The van der Waals surface area contributed by atoms with Gasteiger partial charge in [0.25, 0.3) is 0 Å². The maximum absolute atomic E-state index is 12.6. The molecule has 30 heavy (non-hydrogen) atoms. The fourth-order valence-electron chi connectivity index (χ4n) is 3.02. The number of ether oxygens (including phenoxy) is 1. The van der Waals surface area contributed by atoms with E-state index in [0.29, 0.717) is 24.2 Å². The Balaban J connectivity index is 1.56. The first-order valence-corrected chi connectivity index (χ1v) is 9.61. The molecule has 3 rings (SSSR count). The largest absolute Gasteiger partial charge is 0.508 e. The zero-order valence-electron chi connectivity index (χ0n) is 16.4. The van der Waals surface area contributed by atoms with Gasteiger partial charge in [0.1, 0.15) is 17.5 Å². The van der Waals surface area contributed by atoms with E-state index in [1.165, 1.54) is 0 Å². The van der Waals surface area contributed by atoms with E-state index in [1.807, 2.05) is 30.3 Å². The Morgan fingerprint density at radius 1 is 0.767 bits per heavy atom. The van der Waals surface area contributed by atoms with E-state index < -0.39 is 18.1 Å². The zero-order chi connectivity index (χ0) is 21.5. The Labute approximate surface area is 175 Å². The van der Waals surface area contributed by atoms with Crippen molar-refractivity contribution in [1.82, 2.24) is 0 Å². The smallest absolute Gasteiger partial charge is 0.328 e. The van der Waals surface area contributed by atoms with Gasteiger partial charge in [-0.05, 0) is 60.4 Å². The molecule has 0 unspecified atom stereocenters. The van der Waals surface area contributed by atoms with Gasteiger partial charge in [-0.25, -0.2) is 4.79 Å². The Morgan fingerprint density at radius 3 is 1.97 bits per heavy atom. The molecule has 0 bridgehead atoms. The van der Waals surface area contributed by atoms with Crippen molar-refractivity contribution >= 4 is 11.8 Å². The highest BCUT2D eigenvalue weighted by molar-refractivity contribution is 6.00. The molecule has 0 fully saturated rings. The molecule has 154 valence electrons. The summed E-state index contributed by atoms with van der Waals surface area (Å²) < 4.78 is 5.32. The van der Waals surface area contributed by atoms with Crippen molar-refractivity contribution in [2.45, 2.75) is 24.9 Å². The van der Waals surface area contributed by atoms with Crippen LogP contribution in [0.3, 0.4) is 0 Å². The van der Waals surface area contributed by atoms with Crippen molar-refractivity contribution in [1.29, 1.82) is 0 Å². The molecule has 2 atom stereocenters. The quantitative estimate of drug-likeness (QED) is 0.302. The van der Waals surface area contributed by atoms with Crippen LogP contribution in [0.25, 0.3) is 0 Å². The van der Waals surface area contributed by atoms with Crippen LogP contribution in [0.4, 0.5) is 0 Å². The van der Waals surface area contributed by atoms with E-state index >= 15 is 0 Å². The standard InChI is InChI=1S/C24H24N2O4/c25-21(14-17-6-10-19(27)11-7-17)23(28)18-8-12-20(13-9-18)30-24(29)22(26)15-16-4-2-1-3-5-16/h1-13,21-22,27H,14-15,25-26H2/t21-,22-/m0/s1. The third-order valence-electron chi connectivity index (χ3n) is 4.69. The summed E-state index contributed by atoms with van der Waals surface area (Å²) in [6.07, 6.45) is 0.729. The topological polar surface area (TPSA) is 116 Å². The molecular weight excluding hydrogens is 380 g/mol. The van der Waals surface area contributed by atoms with Crippen molar-refractivity contribution < 1.29 is 19.4 Å². The molecule has 0 spiro atoms. The third-order valence-corrected chi connectivity index (χ3v) is 4.69. The molecule has 0 saturated heterocycles. The van der Waals surface area contributed by atoms with Gasteiger partial charge < -0.3 is 21.3 Å². The highest BCUT2D eigenvalue weighted by Crippen LogP contribution is 2.16. The van der Waals surface area contributed by atoms with E-state index in [0.717, 1.165) is 11.1 Å². The van der Waals surface area contributed by atoms with Crippen molar-refractivity contribution in [2.75, 3.05) is 0 Å². The van der Waals surface area contributed by atoms with Crippen molar-refractivity contribution in [2.24, 2.45) is 11.5 Å². The second-order valence-electron chi connectivity index (χ2n) is 7.08. The lowest BCUT2D eigenvalue weighted by Crippen LogP contribution is -2.36. The second-order valence-corrected chi connectivity index (χ2v) is 7.08. The van der Waals surface area contributed by atoms with E-state index in [4.69, 9.17) is 16.2 Å². The first kappa shape index (κ1) is 21.2. The van der Waals surface area contributed by atoms with E-state index in [1.54, 1.807) is 48.5 Å². The SMILES string of the molecule is N[C@@H](Cc1ccccc1)C(=O)Oc1ccc(C(=O)[C@@H](N)Cc2ccc(O)cc2)cc1. The lowest BCUT2D eigenvalue weighted by molar-refractivity contribution is -0.135. The molecule has 0 saturated carbocycles. The summed E-state index contributed by atoms with van der Waals surface area (Å²) in [6, 6.07) is 20.8. The molecule has 6 nitrogen and oxygen atoms in total. The molecule has 0 aliphatic heterocycles. The number of esters is 1. The number of carbonyl (C=O) groups excluding carboxylic acids is 2. The molecule has 3 aromatic rings. The number of hydrogen-bond acceptors (Lipinski definition) is 6. The van der Waals surface area contributed by atoms with Crippen LogP contribution in [0.1, 0.15) is 21.5 Å². The summed E-state index contributed by atoms with van der Waals surface area (Å²) >= 11 is 0. The van der Waals surface area contributed by atoms with Crippen LogP contribution in [0, 0.1) is 0 Å². The summed E-state index contributed by atoms with van der Waals surface area (Å²) in [4.78, 5) is 24.8. The maximum Gasteiger partial charge on any atom is 0.328 e. The number of Topliss-reactive ketones (excluding diaryl/α,β-unsaturated/α-hetero) is 1. The average Bonchev–Trinajstić information content (AvgIpc) is 2.76. The minimum absolute atomic E-state index is 0.160. The number of benzene rings is 3. The summed E-state index contributed by atoms with van der Waals surface area (Å²) in [7, 11) is 0. The third kappa shape index (κ3) is 5.76. The van der Waals surface area contributed by atoms with Crippen LogP contribution >= 0.6 is 0 Å². The monoisotopic (exact) mass is 404 g/mol. The molecule has 3 aromatic carbocycles. The molecular formula is C24H24N2O4. The number of rotatable bonds is 8. The minimum atomic E-state index is -0.785. The predicted octanol–water partition coefficient (Wildman–Crippen LogP) is 2.62. The zero-order valence-corrected chi connectivity index (χ0v) is 16.4. The summed E-state index contributed by atoms with van der Waals surface area (Å²) in [5, 5.41) is 9.33. The van der Waals surface area contributed by atoms with Gasteiger partial charge in [-0.1, -0.05) is 42.5 Å². The van der Waals surface area contributed by atoms with Crippen molar-refractivity contribution in [3.63, 3.8) is 0 Å². The average molecular weight is 404 g/mol. The van der Waals surface area contributed by atoms with Gasteiger partial charge in [-0.2, -0.15) is 0 Å². The molecule has 0 aromatic heterocycles.